The predicted octanol–water partition coefficient (Wildman–Crippen LogP) is 2.98. The molecular formula is C24H31F3N3O6+. The summed E-state index contributed by atoms with van der Waals surface area (Å²) in [4.78, 5) is 51.9. The number of benzene rings is 1. The third-order valence-electron chi connectivity index (χ3n) is 6.44. The van der Waals surface area contributed by atoms with E-state index in [-0.39, 0.29) is 26.1 Å². The lowest BCUT2D eigenvalue weighted by atomic mass is 10.00. The van der Waals surface area contributed by atoms with E-state index in [9.17, 15) is 32.3 Å². The van der Waals surface area contributed by atoms with Crippen molar-refractivity contribution in [2.45, 2.75) is 64.6 Å². The number of imide groups is 1. The number of quaternary nitrogens is 1. The number of ether oxygens (including phenoxy) is 2. The van der Waals surface area contributed by atoms with E-state index in [0.29, 0.717) is 12.8 Å². The average molecular weight is 515 g/mol. The van der Waals surface area contributed by atoms with Gasteiger partial charge in [0, 0.05) is 19.4 Å². The van der Waals surface area contributed by atoms with E-state index in [1.165, 1.54) is 12.1 Å². The van der Waals surface area contributed by atoms with Crippen LogP contribution >= 0.6 is 0 Å². The summed E-state index contributed by atoms with van der Waals surface area (Å²) in [7, 11) is 0. The molecule has 0 bridgehead atoms. The third-order valence-corrected chi connectivity index (χ3v) is 6.44. The van der Waals surface area contributed by atoms with Crippen molar-refractivity contribution in [3.63, 3.8) is 0 Å². The highest BCUT2D eigenvalue weighted by atomic mass is 19.4. The van der Waals surface area contributed by atoms with Gasteiger partial charge in [-0.05, 0) is 25.0 Å². The molecule has 2 heterocycles. The molecule has 1 aromatic carbocycles. The van der Waals surface area contributed by atoms with Crippen LogP contribution in [0.4, 0.5) is 18.0 Å². The number of rotatable bonds is 7. The van der Waals surface area contributed by atoms with Gasteiger partial charge in [-0.2, -0.15) is 17.7 Å². The van der Waals surface area contributed by atoms with Crippen LogP contribution in [0.1, 0.15) is 56.0 Å². The van der Waals surface area contributed by atoms with Crippen molar-refractivity contribution in [3.8, 4) is 0 Å². The minimum atomic E-state index is -4.76. The molecule has 0 spiro atoms. The first-order valence-corrected chi connectivity index (χ1v) is 11.9. The number of alkyl halides is 3. The molecule has 0 unspecified atom stereocenters. The van der Waals surface area contributed by atoms with E-state index >= 15 is 0 Å². The summed E-state index contributed by atoms with van der Waals surface area (Å²) >= 11 is 0. The molecule has 2 aliphatic heterocycles. The lowest BCUT2D eigenvalue weighted by molar-refractivity contribution is -0.761. The monoisotopic (exact) mass is 514 g/mol. The molecule has 2 saturated heterocycles. The van der Waals surface area contributed by atoms with E-state index in [0.717, 1.165) is 12.1 Å². The Hall–Kier alpha value is -2.99. The number of carbonyl (C=O) groups is 4. The molecule has 2 fully saturated rings. The standard InChI is InChI=1S/C24H30F3N3O6/c1-4-35-22-17(13-18(31)36-22)28-23(34)30(11-7-8-12-30)21(33)19(14(2)3)29-20(32)15-9-5-6-10-16(15)24(25,26)27/h5-6,9-10,14,17,19,22H,4,7-8,11-13H2,1-3H3,(H-,28,29,32,34)/p+1/t17-,19-,22+/m0/s1. The Kier molecular flexibility index (Phi) is 8.40. The highest BCUT2D eigenvalue weighted by Gasteiger charge is 2.53. The van der Waals surface area contributed by atoms with Gasteiger partial charge in [0.1, 0.15) is 12.1 Å². The first-order chi connectivity index (χ1) is 16.9. The zero-order chi connectivity index (χ0) is 26.7. The molecule has 2 aliphatic rings. The molecule has 4 amide bonds. The number of halogens is 3. The largest absolute Gasteiger partial charge is 0.433 e. The van der Waals surface area contributed by atoms with Gasteiger partial charge in [0.2, 0.25) is 6.29 Å². The number of urea groups is 1. The highest BCUT2D eigenvalue weighted by molar-refractivity contribution is 5.99. The SMILES string of the molecule is CCO[C@@H]1OC(=O)C[C@@H]1NC(=O)[N+]1(C(=O)[C@@H](NC(=O)c2ccccc2C(F)(F)F)C(C)C)CCCC1. The van der Waals surface area contributed by atoms with E-state index in [2.05, 4.69) is 10.6 Å². The van der Waals surface area contributed by atoms with Gasteiger partial charge in [-0.1, -0.05) is 26.0 Å². The second-order valence-corrected chi connectivity index (χ2v) is 9.27. The van der Waals surface area contributed by atoms with Crippen molar-refractivity contribution in [2.75, 3.05) is 19.7 Å². The van der Waals surface area contributed by atoms with Crippen LogP contribution in [-0.2, 0) is 25.2 Å². The molecule has 3 rings (SSSR count). The predicted molar refractivity (Wildman–Crippen MR) is 120 cm³/mol. The van der Waals surface area contributed by atoms with Crippen molar-refractivity contribution < 1.29 is 46.3 Å². The van der Waals surface area contributed by atoms with Crippen LogP contribution in [0.5, 0.6) is 0 Å². The molecule has 0 aliphatic carbocycles. The molecule has 1 aromatic rings. The molecule has 0 saturated carbocycles. The highest BCUT2D eigenvalue weighted by Crippen LogP contribution is 2.32. The van der Waals surface area contributed by atoms with Gasteiger partial charge in [0.05, 0.1) is 30.6 Å². The van der Waals surface area contributed by atoms with Crippen LogP contribution in [0.25, 0.3) is 0 Å². The summed E-state index contributed by atoms with van der Waals surface area (Å²) in [6.45, 7) is 5.53. The fourth-order valence-corrected chi connectivity index (χ4v) is 4.58. The number of hydrogen-bond acceptors (Lipinski definition) is 6. The van der Waals surface area contributed by atoms with Crippen molar-refractivity contribution in [2.24, 2.45) is 5.92 Å². The van der Waals surface area contributed by atoms with Crippen LogP contribution < -0.4 is 10.6 Å². The van der Waals surface area contributed by atoms with E-state index in [1.807, 2.05) is 0 Å². The van der Waals surface area contributed by atoms with Crippen LogP contribution in [0, 0.1) is 5.92 Å². The van der Waals surface area contributed by atoms with Crippen LogP contribution in [0.2, 0.25) is 0 Å². The summed E-state index contributed by atoms with van der Waals surface area (Å²) in [5.41, 5.74) is -1.73. The average Bonchev–Trinajstić information content (AvgIpc) is 3.44. The fraction of sp³-hybridized carbons (Fsp3) is 0.583. The van der Waals surface area contributed by atoms with E-state index in [4.69, 9.17) is 9.47 Å². The lowest BCUT2D eigenvalue weighted by Crippen LogP contribution is -2.67. The van der Waals surface area contributed by atoms with Crippen LogP contribution in [0.3, 0.4) is 0 Å². The molecule has 198 valence electrons. The minimum absolute atomic E-state index is 0.122. The Morgan fingerprint density at radius 3 is 2.39 bits per heavy atom. The number of amides is 4. The summed E-state index contributed by atoms with van der Waals surface area (Å²) < 4.78 is 50.1. The Morgan fingerprint density at radius 2 is 1.81 bits per heavy atom. The number of hydrogen-bond donors (Lipinski definition) is 2. The van der Waals surface area contributed by atoms with Gasteiger partial charge in [0.15, 0.2) is 0 Å². The number of esters is 1. The van der Waals surface area contributed by atoms with E-state index < -0.39 is 69.9 Å². The third kappa shape index (κ3) is 5.70. The quantitative estimate of drug-likeness (QED) is 0.428. The topological polar surface area (TPSA) is 111 Å². The Bertz CT molecular complexity index is 1010. The second kappa shape index (κ2) is 11.0. The Balaban J connectivity index is 1.85. The van der Waals surface area contributed by atoms with Crippen LogP contribution in [-0.4, -0.2) is 66.4 Å². The maximum absolute atomic E-state index is 13.8. The number of nitrogens with one attached hydrogen (secondary N) is 2. The minimum Gasteiger partial charge on any atom is -0.433 e. The molecule has 2 N–H and O–H groups in total. The number of likely N-dealkylation sites (tertiary alicyclic amines) is 1. The number of cyclic esters (lactones) is 1. The number of carbonyl (C=O) groups excluding carboxylic acids is 4. The Morgan fingerprint density at radius 1 is 1.17 bits per heavy atom. The maximum Gasteiger partial charge on any atom is 0.424 e. The molecular weight excluding hydrogens is 483 g/mol. The van der Waals surface area contributed by atoms with Crippen molar-refractivity contribution >= 4 is 23.8 Å². The van der Waals surface area contributed by atoms with Crippen molar-refractivity contribution in [1.82, 2.24) is 10.6 Å². The molecule has 9 nitrogen and oxygen atoms in total. The normalized spacial score (nSPS) is 22.2. The molecule has 12 heteroatoms. The second-order valence-electron chi connectivity index (χ2n) is 9.27. The molecule has 36 heavy (non-hydrogen) atoms. The molecule has 0 aromatic heterocycles. The molecule has 0 radical (unpaired) electrons. The zero-order valence-corrected chi connectivity index (χ0v) is 20.4. The Labute approximate surface area is 206 Å². The van der Waals surface area contributed by atoms with Gasteiger partial charge < -0.3 is 14.8 Å². The molecule has 3 atom stereocenters. The number of nitrogens with zero attached hydrogens (tertiary/aromatic N) is 1. The van der Waals surface area contributed by atoms with Crippen molar-refractivity contribution in [1.29, 1.82) is 0 Å². The fourth-order valence-electron chi connectivity index (χ4n) is 4.58. The summed E-state index contributed by atoms with van der Waals surface area (Å²) in [6.07, 6.45) is -4.74. The van der Waals surface area contributed by atoms with E-state index in [1.54, 1.807) is 20.8 Å². The smallest absolute Gasteiger partial charge is 0.424 e. The summed E-state index contributed by atoms with van der Waals surface area (Å²) in [6, 6.07) is 1.62. The zero-order valence-electron chi connectivity index (χ0n) is 20.4. The van der Waals surface area contributed by atoms with Gasteiger partial charge in [-0.25, -0.2) is 9.59 Å². The van der Waals surface area contributed by atoms with Gasteiger partial charge in [-0.15, -0.1) is 0 Å². The lowest BCUT2D eigenvalue weighted by Gasteiger charge is -2.34. The van der Waals surface area contributed by atoms with Gasteiger partial charge in [0.25, 0.3) is 5.91 Å². The van der Waals surface area contributed by atoms with Crippen LogP contribution in [0.15, 0.2) is 24.3 Å². The first-order valence-electron chi connectivity index (χ1n) is 11.9. The van der Waals surface area contributed by atoms with Gasteiger partial charge in [-0.3, -0.25) is 14.9 Å². The summed E-state index contributed by atoms with van der Waals surface area (Å²) in [5.74, 6) is -2.75. The summed E-state index contributed by atoms with van der Waals surface area (Å²) in [5, 5.41) is 5.14. The van der Waals surface area contributed by atoms with Gasteiger partial charge >= 0.3 is 24.1 Å². The van der Waals surface area contributed by atoms with Crippen molar-refractivity contribution in [3.05, 3.63) is 35.4 Å². The first kappa shape index (κ1) is 27.6. The maximum atomic E-state index is 13.8.